The predicted octanol–water partition coefficient (Wildman–Crippen LogP) is 0.444. The van der Waals surface area contributed by atoms with Gasteiger partial charge in [0.2, 0.25) is 0 Å². The largest absolute Gasteiger partial charge is 0.394 e. The fourth-order valence-corrected chi connectivity index (χ4v) is 0.616. The van der Waals surface area contributed by atoms with E-state index in [4.69, 9.17) is 19.7 Å². The Kier molecular flexibility index (Phi) is 18.6. The molecule has 0 saturated carbocycles. The molecule has 4 nitrogen and oxygen atoms in total. The van der Waals surface area contributed by atoms with Gasteiger partial charge in [-0.25, -0.2) is 0 Å². The first-order chi connectivity index (χ1) is 6.31. The summed E-state index contributed by atoms with van der Waals surface area (Å²) in [6.07, 6.45) is -0.0197. The van der Waals surface area contributed by atoms with Crippen molar-refractivity contribution in [2.24, 2.45) is 0 Å². The molecule has 13 heavy (non-hydrogen) atoms. The van der Waals surface area contributed by atoms with E-state index in [0.29, 0.717) is 19.8 Å². The van der Waals surface area contributed by atoms with Crippen molar-refractivity contribution in [1.29, 1.82) is 0 Å². The van der Waals surface area contributed by atoms with Gasteiger partial charge >= 0.3 is 0 Å². The third kappa shape index (κ3) is 15.3. The Balaban J connectivity index is 0. The van der Waals surface area contributed by atoms with Gasteiger partial charge in [-0.1, -0.05) is 22.6 Å². The molecule has 0 aromatic heterocycles. The molecule has 0 spiro atoms. The monoisotopic (exact) mass is 306 g/mol. The number of rotatable bonds is 7. The number of alkyl halides is 1. The molecule has 0 radical (unpaired) electrons. The molecule has 0 aliphatic rings. The average molecular weight is 306 g/mol. The molecule has 0 saturated heterocycles. The van der Waals surface area contributed by atoms with E-state index in [1.54, 1.807) is 0 Å². The molecular weight excluding hydrogens is 287 g/mol. The maximum Gasteiger partial charge on any atom is 0.0781 e. The van der Waals surface area contributed by atoms with Crippen LogP contribution in [0.15, 0.2) is 0 Å². The van der Waals surface area contributed by atoms with E-state index in [1.165, 1.54) is 0 Å². The number of aliphatic hydroxyl groups excluding tert-OH is 2. The Hall–Kier alpha value is 0.570. The summed E-state index contributed by atoms with van der Waals surface area (Å²) in [4.78, 5) is 1.97. The standard InChI is InChI=1S/C7H16O4.CH3I/c1-7(11-5-3-9)6-10-4-2-8;1-2/h7-9H,2-6H2,1H3;1H3. The number of ether oxygens (including phenoxy) is 2. The van der Waals surface area contributed by atoms with Crippen LogP contribution in [0.3, 0.4) is 0 Å². The Morgan fingerprint density at radius 1 is 1.15 bits per heavy atom. The second-order valence-corrected chi connectivity index (χ2v) is 2.20. The van der Waals surface area contributed by atoms with Crippen LogP contribution in [0.4, 0.5) is 0 Å². The molecule has 5 heteroatoms. The first-order valence-corrected chi connectivity index (χ1v) is 6.26. The van der Waals surface area contributed by atoms with Gasteiger partial charge in [0.15, 0.2) is 0 Å². The van der Waals surface area contributed by atoms with E-state index in [9.17, 15) is 0 Å². The van der Waals surface area contributed by atoms with E-state index >= 15 is 0 Å². The van der Waals surface area contributed by atoms with E-state index in [2.05, 4.69) is 22.6 Å². The van der Waals surface area contributed by atoms with Gasteiger partial charge in [0, 0.05) is 0 Å². The molecule has 0 fully saturated rings. The van der Waals surface area contributed by atoms with Gasteiger partial charge in [-0.3, -0.25) is 0 Å². The van der Waals surface area contributed by atoms with E-state index in [0.717, 1.165) is 0 Å². The molecule has 0 aliphatic heterocycles. The Bertz CT molecular complexity index is 82.5. The van der Waals surface area contributed by atoms with Gasteiger partial charge in [0.25, 0.3) is 0 Å². The van der Waals surface area contributed by atoms with E-state index < -0.39 is 0 Å². The quantitative estimate of drug-likeness (QED) is 0.407. The summed E-state index contributed by atoms with van der Waals surface area (Å²) >= 11 is 2.15. The van der Waals surface area contributed by atoms with Crippen LogP contribution in [-0.4, -0.2) is 54.3 Å². The van der Waals surface area contributed by atoms with Crippen molar-refractivity contribution in [1.82, 2.24) is 0 Å². The maximum atomic E-state index is 8.38. The topological polar surface area (TPSA) is 58.9 Å². The molecule has 0 aliphatic carbocycles. The lowest BCUT2D eigenvalue weighted by Gasteiger charge is -2.11. The van der Waals surface area contributed by atoms with Crippen molar-refractivity contribution >= 4 is 22.6 Å². The summed E-state index contributed by atoms with van der Waals surface area (Å²) in [5.74, 6) is 0. The van der Waals surface area contributed by atoms with Gasteiger partial charge in [0.05, 0.1) is 39.1 Å². The fourth-order valence-electron chi connectivity index (χ4n) is 0.616. The minimum absolute atomic E-state index is 0.0197. The zero-order chi connectivity index (χ0) is 10.5. The molecule has 0 aromatic carbocycles. The molecule has 0 aromatic rings. The fraction of sp³-hybridized carbons (Fsp3) is 1.00. The highest BCUT2D eigenvalue weighted by molar-refractivity contribution is 14.1. The zero-order valence-electron chi connectivity index (χ0n) is 8.20. The second kappa shape index (κ2) is 15.1. The van der Waals surface area contributed by atoms with E-state index in [-0.39, 0.29) is 19.3 Å². The number of aliphatic hydroxyl groups is 2. The lowest BCUT2D eigenvalue weighted by atomic mass is 10.4. The zero-order valence-corrected chi connectivity index (χ0v) is 10.4. The smallest absolute Gasteiger partial charge is 0.0781 e. The average Bonchev–Trinajstić information content (AvgIpc) is 2.18. The van der Waals surface area contributed by atoms with Gasteiger partial charge in [0.1, 0.15) is 0 Å². The molecule has 82 valence electrons. The molecule has 1 atom stereocenters. The normalized spacial score (nSPS) is 11.8. The SMILES string of the molecule is CC(COCCO)OCCO.CI. The molecule has 0 amide bonds. The second-order valence-electron chi connectivity index (χ2n) is 2.20. The highest BCUT2D eigenvalue weighted by Gasteiger charge is 2.00. The van der Waals surface area contributed by atoms with Crippen LogP contribution in [-0.2, 0) is 9.47 Å². The van der Waals surface area contributed by atoms with Gasteiger partial charge in [-0.05, 0) is 11.9 Å². The van der Waals surface area contributed by atoms with E-state index in [1.807, 2.05) is 11.9 Å². The van der Waals surface area contributed by atoms with Gasteiger partial charge < -0.3 is 19.7 Å². The summed E-state index contributed by atoms with van der Waals surface area (Å²) < 4.78 is 10.1. The first kappa shape index (κ1) is 16.0. The third-order valence-corrected chi connectivity index (χ3v) is 1.08. The summed E-state index contributed by atoms with van der Waals surface area (Å²) in [6.45, 7) is 3.06. The summed E-state index contributed by atoms with van der Waals surface area (Å²) in [6, 6.07) is 0. The molecule has 0 heterocycles. The Labute approximate surface area is 93.4 Å². The third-order valence-electron chi connectivity index (χ3n) is 1.08. The van der Waals surface area contributed by atoms with Crippen molar-refractivity contribution < 1.29 is 19.7 Å². The van der Waals surface area contributed by atoms with Crippen LogP contribution in [0.2, 0.25) is 0 Å². The minimum Gasteiger partial charge on any atom is -0.394 e. The van der Waals surface area contributed by atoms with Crippen LogP contribution in [0.25, 0.3) is 0 Å². The number of hydrogen-bond donors (Lipinski definition) is 2. The summed E-state index contributed by atoms with van der Waals surface area (Å²) in [5.41, 5.74) is 0. The van der Waals surface area contributed by atoms with Crippen LogP contribution < -0.4 is 0 Å². The van der Waals surface area contributed by atoms with Gasteiger partial charge in [-0.15, -0.1) is 0 Å². The highest BCUT2D eigenvalue weighted by atomic mass is 127. The van der Waals surface area contributed by atoms with Gasteiger partial charge in [-0.2, -0.15) is 0 Å². The molecule has 2 N–H and O–H groups in total. The molecular formula is C8H19IO4. The van der Waals surface area contributed by atoms with Crippen molar-refractivity contribution in [2.45, 2.75) is 13.0 Å². The van der Waals surface area contributed by atoms with Crippen molar-refractivity contribution in [3.63, 3.8) is 0 Å². The highest BCUT2D eigenvalue weighted by Crippen LogP contribution is 1.90. The molecule has 0 bridgehead atoms. The molecule has 1 unspecified atom stereocenters. The predicted molar refractivity (Wildman–Crippen MR) is 60.3 cm³/mol. The van der Waals surface area contributed by atoms with Crippen molar-refractivity contribution in [3.8, 4) is 0 Å². The summed E-state index contributed by atoms with van der Waals surface area (Å²) in [7, 11) is 0. The number of hydrogen-bond acceptors (Lipinski definition) is 4. The Morgan fingerprint density at radius 3 is 2.15 bits per heavy atom. The van der Waals surface area contributed by atoms with Crippen LogP contribution in [0.1, 0.15) is 6.92 Å². The molecule has 0 rings (SSSR count). The van der Waals surface area contributed by atoms with Crippen LogP contribution in [0.5, 0.6) is 0 Å². The van der Waals surface area contributed by atoms with Crippen LogP contribution in [0, 0.1) is 0 Å². The lowest BCUT2D eigenvalue weighted by Crippen LogP contribution is -2.18. The minimum atomic E-state index is -0.0197. The summed E-state index contributed by atoms with van der Waals surface area (Å²) in [5, 5.41) is 16.7. The Morgan fingerprint density at radius 2 is 1.69 bits per heavy atom. The van der Waals surface area contributed by atoms with Crippen LogP contribution >= 0.6 is 22.6 Å². The van der Waals surface area contributed by atoms with Crippen molar-refractivity contribution in [2.75, 3.05) is 38.0 Å². The number of halogens is 1. The lowest BCUT2D eigenvalue weighted by molar-refractivity contribution is -0.0246. The first-order valence-electron chi connectivity index (χ1n) is 4.10. The van der Waals surface area contributed by atoms with Crippen molar-refractivity contribution in [3.05, 3.63) is 0 Å². The maximum absolute atomic E-state index is 8.38.